The molecular weight excluding hydrogens is 678 g/mol. The van der Waals surface area contributed by atoms with Crippen molar-refractivity contribution in [1.82, 2.24) is 0 Å². The van der Waals surface area contributed by atoms with Crippen LogP contribution >= 0.6 is 0 Å². The van der Waals surface area contributed by atoms with Gasteiger partial charge >= 0.3 is 48.0 Å². The van der Waals surface area contributed by atoms with E-state index < -0.39 is 76.9 Å². The summed E-state index contributed by atoms with van der Waals surface area (Å²) in [6, 6.07) is 0. The van der Waals surface area contributed by atoms with E-state index >= 15 is 0 Å². The van der Waals surface area contributed by atoms with E-state index in [0.29, 0.717) is 38.5 Å². The third-order valence-corrected chi connectivity index (χ3v) is 11.8. The van der Waals surface area contributed by atoms with E-state index in [1.165, 1.54) is 6.92 Å². The summed E-state index contributed by atoms with van der Waals surface area (Å²) in [5.74, 6) is -32.6. The van der Waals surface area contributed by atoms with E-state index in [0.717, 1.165) is 0 Å². The Kier molecular flexibility index (Phi) is 9.25. The van der Waals surface area contributed by atoms with Gasteiger partial charge in [0, 0.05) is 5.92 Å². The molecule has 0 heterocycles. The highest BCUT2D eigenvalue weighted by Crippen LogP contribution is 2.68. The minimum absolute atomic E-state index is 0.00665. The molecule has 0 N–H and O–H groups in total. The van der Waals surface area contributed by atoms with Crippen LogP contribution in [0.15, 0.2) is 0 Å². The second kappa shape index (κ2) is 11.5. The van der Waals surface area contributed by atoms with Crippen molar-refractivity contribution >= 4 is 11.9 Å². The number of halogens is 14. The summed E-state index contributed by atoms with van der Waals surface area (Å²) >= 11 is 0. The lowest BCUT2D eigenvalue weighted by molar-refractivity contribution is -0.349. The van der Waals surface area contributed by atoms with E-state index in [1.54, 1.807) is 0 Å². The van der Waals surface area contributed by atoms with Crippen molar-refractivity contribution in [3.8, 4) is 0 Å². The predicted molar refractivity (Wildman–Crippen MR) is 133 cm³/mol. The maximum atomic E-state index is 14.0. The Morgan fingerprint density at radius 2 is 1.13 bits per heavy atom. The average molecular weight is 713 g/mol. The van der Waals surface area contributed by atoms with Crippen molar-refractivity contribution in [1.29, 1.82) is 0 Å². The third-order valence-electron chi connectivity index (χ3n) is 11.8. The van der Waals surface area contributed by atoms with Gasteiger partial charge in [-0.15, -0.1) is 0 Å². The lowest BCUT2D eigenvalue weighted by Crippen LogP contribution is -2.58. The number of rotatable bonds is 7. The smallest absolute Gasteiger partial charge is 0.458 e. The molecule has 0 aromatic rings. The van der Waals surface area contributed by atoms with Crippen LogP contribution < -0.4 is 0 Å². The minimum atomic E-state index is -6.70. The SMILES string of the molecule is C[C@H](OC(=O)C(F)(F)C(F)(F)C(F)(F)F)[C@H]1CCC2C3CC[C@H]4C[C@@H](OC(=O)C(F)(F)C(F)(F)C(F)(F)F)CC[C@]4(C)C3CC[C@@]21C. The Morgan fingerprint density at radius 1 is 0.638 bits per heavy atom. The van der Waals surface area contributed by atoms with Crippen LogP contribution in [0.2, 0.25) is 0 Å². The normalized spacial score (nSPS) is 36.1. The summed E-state index contributed by atoms with van der Waals surface area (Å²) < 4.78 is 193. The van der Waals surface area contributed by atoms with E-state index in [1.807, 2.05) is 13.8 Å². The van der Waals surface area contributed by atoms with Crippen molar-refractivity contribution in [3.05, 3.63) is 0 Å². The van der Waals surface area contributed by atoms with Gasteiger partial charge in [-0.2, -0.15) is 61.5 Å². The first-order valence-corrected chi connectivity index (χ1v) is 15.1. The van der Waals surface area contributed by atoms with Crippen LogP contribution in [0.25, 0.3) is 0 Å². The second-order valence-electron chi connectivity index (χ2n) is 14.1. The van der Waals surface area contributed by atoms with Gasteiger partial charge in [-0.25, -0.2) is 9.59 Å². The fraction of sp³-hybridized carbons (Fsp3) is 0.931. The highest BCUT2D eigenvalue weighted by Gasteiger charge is 2.78. The summed E-state index contributed by atoms with van der Waals surface area (Å²) in [5.41, 5.74) is -1.15. The molecule has 4 fully saturated rings. The zero-order valence-electron chi connectivity index (χ0n) is 25.3. The molecule has 4 aliphatic rings. The molecule has 0 aliphatic heterocycles. The number of carbonyl (C=O) groups is 2. The Morgan fingerprint density at radius 3 is 1.66 bits per heavy atom. The van der Waals surface area contributed by atoms with Gasteiger partial charge < -0.3 is 9.47 Å². The van der Waals surface area contributed by atoms with Gasteiger partial charge in [-0.05, 0) is 99.2 Å². The van der Waals surface area contributed by atoms with Crippen LogP contribution in [-0.4, -0.2) is 60.2 Å². The molecule has 0 radical (unpaired) electrons. The van der Waals surface area contributed by atoms with Crippen LogP contribution in [-0.2, 0) is 19.1 Å². The minimum Gasteiger partial charge on any atom is -0.458 e. The largest absolute Gasteiger partial charge is 0.460 e. The van der Waals surface area contributed by atoms with Crippen LogP contribution in [0.3, 0.4) is 0 Å². The van der Waals surface area contributed by atoms with Gasteiger partial charge in [0.25, 0.3) is 0 Å². The molecule has 47 heavy (non-hydrogen) atoms. The number of hydrogen-bond acceptors (Lipinski definition) is 4. The van der Waals surface area contributed by atoms with Crippen molar-refractivity contribution in [3.63, 3.8) is 0 Å². The van der Waals surface area contributed by atoms with E-state index in [9.17, 15) is 71.1 Å². The fourth-order valence-electron chi connectivity index (χ4n) is 9.30. The first kappa shape index (κ1) is 37.8. The molecule has 0 aromatic carbocycles. The summed E-state index contributed by atoms with van der Waals surface area (Å²) in [7, 11) is 0. The maximum Gasteiger partial charge on any atom is 0.460 e. The van der Waals surface area contributed by atoms with Crippen LogP contribution in [0, 0.1) is 40.4 Å². The van der Waals surface area contributed by atoms with Gasteiger partial charge in [-0.3, -0.25) is 0 Å². The first-order valence-electron chi connectivity index (χ1n) is 15.1. The standard InChI is InChI=1S/C29H34F14O4/c1-13(46-20(44)24(30,31)26(34,35)28(38,39)40)17-6-7-18-16-5-4-14-12-15(8-10-22(14,2)19(16)9-11-23(17,18)3)47-21(45)25(32,33)27(36,37)29(41,42)43/h13-19H,4-12H2,1-3H3/t13-,14-,15-,16?,17+,18?,19?,22-,23+/m0/s1. The number of fused-ring (bicyclic) bond motifs is 5. The quantitative estimate of drug-likeness (QED) is 0.195. The maximum absolute atomic E-state index is 14.0. The van der Waals surface area contributed by atoms with Gasteiger partial charge in [-0.1, -0.05) is 13.8 Å². The molecule has 0 aromatic heterocycles. The fourth-order valence-corrected chi connectivity index (χ4v) is 9.30. The highest BCUT2D eigenvalue weighted by molar-refractivity contribution is 5.79. The Bertz CT molecular complexity index is 1220. The molecule has 4 rings (SSSR count). The van der Waals surface area contributed by atoms with Gasteiger partial charge in [0.05, 0.1) is 0 Å². The zero-order chi connectivity index (χ0) is 36.0. The molecule has 4 aliphatic carbocycles. The number of ether oxygens (including phenoxy) is 2. The number of esters is 2. The molecular formula is C29H34F14O4. The van der Waals surface area contributed by atoms with E-state index in [-0.39, 0.29) is 42.9 Å². The number of carbonyl (C=O) groups excluding carboxylic acids is 2. The second-order valence-corrected chi connectivity index (χ2v) is 14.1. The lowest BCUT2D eigenvalue weighted by Gasteiger charge is -2.61. The number of hydrogen-bond donors (Lipinski definition) is 0. The molecule has 0 saturated heterocycles. The lowest BCUT2D eigenvalue weighted by atomic mass is 9.44. The van der Waals surface area contributed by atoms with Crippen molar-refractivity contribution in [2.75, 3.05) is 0 Å². The van der Waals surface area contributed by atoms with Gasteiger partial charge in [0.15, 0.2) is 0 Å². The molecule has 4 saturated carbocycles. The monoisotopic (exact) mass is 712 g/mol. The van der Waals surface area contributed by atoms with Crippen LogP contribution in [0.4, 0.5) is 61.5 Å². The number of alkyl halides is 14. The predicted octanol–water partition coefficient (Wildman–Crippen LogP) is 9.15. The van der Waals surface area contributed by atoms with Crippen LogP contribution in [0.5, 0.6) is 0 Å². The average Bonchev–Trinajstić information content (AvgIpc) is 3.29. The van der Waals surface area contributed by atoms with Crippen molar-refractivity contribution in [2.24, 2.45) is 40.4 Å². The van der Waals surface area contributed by atoms with Crippen molar-refractivity contribution < 1.29 is 80.5 Å². The van der Waals surface area contributed by atoms with Gasteiger partial charge in [0.1, 0.15) is 12.2 Å². The molecule has 18 heteroatoms. The van der Waals surface area contributed by atoms with E-state index in [2.05, 4.69) is 9.47 Å². The highest BCUT2D eigenvalue weighted by atomic mass is 19.4. The topological polar surface area (TPSA) is 52.6 Å². The molecule has 0 amide bonds. The molecule has 272 valence electrons. The van der Waals surface area contributed by atoms with Gasteiger partial charge in [0.2, 0.25) is 0 Å². The summed E-state index contributed by atoms with van der Waals surface area (Å²) in [4.78, 5) is 23.8. The zero-order valence-corrected chi connectivity index (χ0v) is 25.3. The molecule has 4 nitrogen and oxygen atoms in total. The Balaban J connectivity index is 1.43. The molecule has 3 unspecified atom stereocenters. The van der Waals surface area contributed by atoms with Crippen molar-refractivity contribution in [2.45, 2.75) is 127 Å². The molecule has 0 bridgehead atoms. The van der Waals surface area contributed by atoms with E-state index in [4.69, 9.17) is 0 Å². The molecule has 9 atom stereocenters. The summed E-state index contributed by atoms with van der Waals surface area (Å²) in [6.45, 7) is 4.92. The summed E-state index contributed by atoms with van der Waals surface area (Å²) in [6.07, 6.45) is -13.3. The Labute approximate surface area is 260 Å². The molecule has 0 spiro atoms. The van der Waals surface area contributed by atoms with Crippen LogP contribution in [0.1, 0.15) is 78.6 Å². The first-order chi connectivity index (χ1) is 21.1. The third kappa shape index (κ3) is 5.76. The summed E-state index contributed by atoms with van der Waals surface area (Å²) in [5, 5.41) is 0. The Hall–Kier alpha value is -2.04.